The number of carbonyl (C=O) groups excluding carboxylic acids is 2. The monoisotopic (exact) mass is 364 g/mol. The molecule has 1 amide bonds. The van der Waals surface area contributed by atoms with Gasteiger partial charge in [0.05, 0.1) is 0 Å². The summed E-state index contributed by atoms with van der Waals surface area (Å²) in [6.45, 7) is 1.72. The summed E-state index contributed by atoms with van der Waals surface area (Å²) in [5.41, 5.74) is 1.62. The molecule has 0 spiro atoms. The summed E-state index contributed by atoms with van der Waals surface area (Å²) >= 11 is 0. The summed E-state index contributed by atoms with van der Waals surface area (Å²) in [6.07, 6.45) is -0.332. The molecule has 1 atom stereocenters. The molecule has 1 unspecified atom stereocenters. The summed E-state index contributed by atoms with van der Waals surface area (Å²) in [5, 5.41) is 6.36. The molecule has 6 nitrogen and oxygen atoms in total. The van der Waals surface area contributed by atoms with Gasteiger partial charge in [0.2, 0.25) is 6.10 Å². The highest BCUT2D eigenvalue weighted by Crippen LogP contribution is 2.21. The number of esters is 1. The molecule has 2 aromatic carbocycles. The van der Waals surface area contributed by atoms with E-state index in [1.54, 1.807) is 37.3 Å². The number of ether oxygens (including phenoxy) is 1. The summed E-state index contributed by atoms with van der Waals surface area (Å²) in [5.74, 6) is -0.0815. The fourth-order valence-corrected chi connectivity index (χ4v) is 2.60. The van der Waals surface area contributed by atoms with Crippen LogP contribution >= 0.6 is 0 Å². The number of carbonyl (C=O) groups is 2. The number of hydrogen-bond acceptors (Lipinski definition) is 5. The van der Waals surface area contributed by atoms with E-state index < -0.39 is 18.0 Å². The predicted molar refractivity (Wildman–Crippen MR) is 99.9 cm³/mol. The Morgan fingerprint density at radius 1 is 1.07 bits per heavy atom. The molecule has 1 aromatic heterocycles. The molecule has 0 bridgehead atoms. The molecule has 0 radical (unpaired) electrons. The van der Waals surface area contributed by atoms with E-state index in [0.717, 1.165) is 5.56 Å². The molecule has 0 aliphatic heterocycles. The Hall–Kier alpha value is -3.41. The lowest BCUT2D eigenvalue weighted by Crippen LogP contribution is -2.26. The van der Waals surface area contributed by atoms with Gasteiger partial charge in [-0.15, -0.1) is 0 Å². The van der Waals surface area contributed by atoms with Crippen LogP contribution in [-0.2, 0) is 20.7 Å². The van der Waals surface area contributed by atoms with Crippen LogP contribution in [0, 0.1) is 6.92 Å². The molecule has 1 N–H and O–H groups in total. The SMILES string of the molecule is Cc1cc(NC(=O)C(OC(=O)CCc2ccccc2)c2ccccc2)no1. The highest BCUT2D eigenvalue weighted by molar-refractivity contribution is 5.95. The van der Waals surface area contributed by atoms with Crippen molar-refractivity contribution in [2.24, 2.45) is 0 Å². The van der Waals surface area contributed by atoms with Crippen LogP contribution in [0.2, 0.25) is 0 Å². The van der Waals surface area contributed by atoms with Gasteiger partial charge in [-0.2, -0.15) is 0 Å². The zero-order chi connectivity index (χ0) is 19.1. The van der Waals surface area contributed by atoms with Crippen molar-refractivity contribution in [1.29, 1.82) is 0 Å². The summed E-state index contributed by atoms with van der Waals surface area (Å²) in [4.78, 5) is 25.0. The average Bonchev–Trinajstić information content (AvgIpc) is 3.10. The van der Waals surface area contributed by atoms with Gasteiger partial charge in [0.15, 0.2) is 5.82 Å². The molecular formula is C21H20N2O4. The van der Waals surface area contributed by atoms with Crippen LogP contribution in [0.15, 0.2) is 71.3 Å². The second kappa shape index (κ2) is 8.80. The minimum atomic E-state index is -1.06. The van der Waals surface area contributed by atoms with Crippen LogP contribution in [0.1, 0.15) is 29.4 Å². The lowest BCUT2D eigenvalue weighted by Gasteiger charge is -2.17. The van der Waals surface area contributed by atoms with Gasteiger partial charge in [-0.3, -0.25) is 9.59 Å². The van der Waals surface area contributed by atoms with E-state index in [2.05, 4.69) is 10.5 Å². The number of anilines is 1. The Labute approximate surface area is 157 Å². The molecule has 138 valence electrons. The second-order valence-corrected chi connectivity index (χ2v) is 6.08. The molecule has 0 aliphatic rings. The number of aryl methyl sites for hydroxylation is 2. The summed E-state index contributed by atoms with van der Waals surface area (Å²) in [7, 11) is 0. The zero-order valence-electron chi connectivity index (χ0n) is 14.9. The number of amides is 1. The van der Waals surface area contributed by atoms with E-state index in [1.807, 2.05) is 36.4 Å². The molecule has 1 heterocycles. The molecule has 6 heteroatoms. The maximum Gasteiger partial charge on any atom is 0.307 e. The van der Waals surface area contributed by atoms with Crippen molar-refractivity contribution in [3.05, 3.63) is 83.6 Å². The smallest absolute Gasteiger partial charge is 0.307 e. The van der Waals surface area contributed by atoms with Gasteiger partial charge < -0.3 is 14.6 Å². The van der Waals surface area contributed by atoms with Crippen LogP contribution in [0.3, 0.4) is 0 Å². The highest BCUT2D eigenvalue weighted by atomic mass is 16.5. The Balaban J connectivity index is 1.68. The molecule has 0 saturated carbocycles. The first-order valence-corrected chi connectivity index (χ1v) is 8.64. The van der Waals surface area contributed by atoms with Crippen molar-refractivity contribution in [2.75, 3.05) is 5.32 Å². The van der Waals surface area contributed by atoms with Gasteiger partial charge in [-0.25, -0.2) is 0 Å². The molecule has 27 heavy (non-hydrogen) atoms. The standard InChI is InChI=1S/C21H20N2O4/c1-15-14-18(23-27-15)22-21(25)20(17-10-6-3-7-11-17)26-19(24)13-12-16-8-4-2-5-9-16/h2-11,14,20H,12-13H2,1H3,(H,22,23,25). The van der Waals surface area contributed by atoms with Gasteiger partial charge in [-0.05, 0) is 18.9 Å². The maximum absolute atomic E-state index is 12.7. The lowest BCUT2D eigenvalue weighted by molar-refractivity contribution is -0.154. The van der Waals surface area contributed by atoms with E-state index in [9.17, 15) is 9.59 Å². The van der Waals surface area contributed by atoms with Gasteiger partial charge in [0.25, 0.3) is 5.91 Å². The minimum Gasteiger partial charge on any atom is -0.447 e. The number of benzene rings is 2. The van der Waals surface area contributed by atoms with Crippen LogP contribution in [0.5, 0.6) is 0 Å². The molecule has 0 aliphatic carbocycles. The fraction of sp³-hybridized carbons (Fsp3) is 0.190. The van der Waals surface area contributed by atoms with E-state index in [0.29, 0.717) is 17.7 Å². The van der Waals surface area contributed by atoms with E-state index in [1.165, 1.54) is 0 Å². The molecule has 0 saturated heterocycles. The van der Waals surface area contributed by atoms with Gasteiger partial charge in [-0.1, -0.05) is 65.8 Å². The van der Waals surface area contributed by atoms with Gasteiger partial charge >= 0.3 is 5.97 Å². The van der Waals surface area contributed by atoms with Crippen molar-refractivity contribution in [3.8, 4) is 0 Å². The van der Waals surface area contributed by atoms with Crippen molar-refractivity contribution >= 4 is 17.7 Å². The van der Waals surface area contributed by atoms with E-state index in [-0.39, 0.29) is 12.2 Å². The van der Waals surface area contributed by atoms with Crippen molar-refractivity contribution in [1.82, 2.24) is 5.16 Å². The first-order chi connectivity index (χ1) is 13.1. The first-order valence-electron chi connectivity index (χ1n) is 8.64. The van der Waals surface area contributed by atoms with Crippen LogP contribution in [0.25, 0.3) is 0 Å². The number of nitrogens with one attached hydrogen (secondary N) is 1. The zero-order valence-corrected chi connectivity index (χ0v) is 14.9. The van der Waals surface area contributed by atoms with E-state index >= 15 is 0 Å². The predicted octanol–water partition coefficient (Wildman–Crippen LogP) is 3.84. The number of aromatic nitrogens is 1. The van der Waals surface area contributed by atoms with Crippen LogP contribution in [-0.4, -0.2) is 17.0 Å². The van der Waals surface area contributed by atoms with E-state index in [4.69, 9.17) is 9.26 Å². The minimum absolute atomic E-state index is 0.184. The average molecular weight is 364 g/mol. The third-order valence-corrected chi connectivity index (χ3v) is 3.93. The van der Waals surface area contributed by atoms with Crippen molar-refractivity contribution < 1.29 is 18.8 Å². The molecule has 3 aromatic rings. The Bertz CT molecular complexity index is 891. The third-order valence-electron chi connectivity index (χ3n) is 3.93. The Morgan fingerprint density at radius 3 is 2.37 bits per heavy atom. The third kappa shape index (κ3) is 5.28. The second-order valence-electron chi connectivity index (χ2n) is 6.08. The first kappa shape index (κ1) is 18.4. The summed E-state index contributed by atoms with van der Waals surface area (Å²) in [6, 6.07) is 20.1. The lowest BCUT2D eigenvalue weighted by atomic mass is 10.1. The van der Waals surface area contributed by atoms with Gasteiger partial charge in [0.1, 0.15) is 5.76 Å². The number of hydrogen-bond donors (Lipinski definition) is 1. The largest absolute Gasteiger partial charge is 0.447 e. The quantitative estimate of drug-likeness (QED) is 0.644. The summed E-state index contributed by atoms with van der Waals surface area (Å²) < 4.78 is 10.4. The molecule has 0 fully saturated rings. The maximum atomic E-state index is 12.7. The van der Waals surface area contributed by atoms with Crippen molar-refractivity contribution in [3.63, 3.8) is 0 Å². The van der Waals surface area contributed by atoms with Crippen molar-refractivity contribution in [2.45, 2.75) is 25.9 Å². The number of nitrogens with zero attached hydrogens (tertiary/aromatic N) is 1. The van der Waals surface area contributed by atoms with Gasteiger partial charge in [0, 0.05) is 18.1 Å². The Morgan fingerprint density at radius 2 is 1.74 bits per heavy atom. The Kier molecular flexibility index (Phi) is 5.99. The fourth-order valence-electron chi connectivity index (χ4n) is 2.60. The highest BCUT2D eigenvalue weighted by Gasteiger charge is 2.25. The molecule has 3 rings (SSSR count). The van der Waals surface area contributed by atoms with Crippen LogP contribution < -0.4 is 5.32 Å². The van der Waals surface area contributed by atoms with Crippen LogP contribution in [0.4, 0.5) is 5.82 Å². The topological polar surface area (TPSA) is 81.4 Å². The number of rotatable bonds is 7. The molecular weight excluding hydrogens is 344 g/mol. The normalized spacial score (nSPS) is 11.6.